The number of para-hydroxylation sites is 1. The standard InChI is InChI=1S/C12H15N5/c13-11-4-2-1-3-10(11)12-14-15-16-17(12)8-7-9-5-6-9/h1-4,9H,5-8,13H2. The molecule has 1 heterocycles. The minimum Gasteiger partial charge on any atom is -0.398 e. The van der Waals surface area contributed by atoms with E-state index in [0.29, 0.717) is 0 Å². The molecular weight excluding hydrogens is 214 g/mol. The fraction of sp³-hybridized carbons (Fsp3) is 0.417. The molecule has 1 fully saturated rings. The Morgan fingerprint density at radius 3 is 2.88 bits per heavy atom. The second kappa shape index (κ2) is 4.16. The molecule has 88 valence electrons. The summed E-state index contributed by atoms with van der Waals surface area (Å²) in [4.78, 5) is 0. The van der Waals surface area contributed by atoms with E-state index in [1.807, 2.05) is 28.9 Å². The van der Waals surface area contributed by atoms with Gasteiger partial charge in [-0.3, -0.25) is 0 Å². The maximum absolute atomic E-state index is 5.94. The first-order valence-electron chi connectivity index (χ1n) is 5.95. The van der Waals surface area contributed by atoms with Gasteiger partial charge in [0.1, 0.15) is 0 Å². The van der Waals surface area contributed by atoms with Crippen LogP contribution in [0.5, 0.6) is 0 Å². The molecule has 5 nitrogen and oxygen atoms in total. The van der Waals surface area contributed by atoms with E-state index in [2.05, 4.69) is 15.5 Å². The molecule has 2 N–H and O–H groups in total. The van der Waals surface area contributed by atoms with Gasteiger partial charge in [-0.25, -0.2) is 4.68 Å². The van der Waals surface area contributed by atoms with E-state index in [0.717, 1.165) is 36.0 Å². The predicted octanol–water partition coefficient (Wildman–Crippen LogP) is 1.72. The molecular formula is C12H15N5. The number of rotatable bonds is 4. The van der Waals surface area contributed by atoms with Gasteiger partial charge in [0.25, 0.3) is 0 Å². The average molecular weight is 229 g/mol. The Morgan fingerprint density at radius 1 is 1.29 bits per heavy atom. The smallest absolute Gasteiger partial charge is 0.184 e. The first-order valence-corrected chi connectivity index (χ1v) is 5.95. The number of tetrazole rings is 1. The molecule has 0 unspecified atom stereocenters. The second-order valence-electron chi connectivity index (χ2n) is 4.54. The number of aromatic nitrogens is 4. The molecule has 1 aromatic heterocycles. The van der Waals surface area contributed by atoms with Gasteiger partial charge in [-0.05, 0) is 34.9 Å². The third kappa shape index (κ3) is 2.13. The highest BCUT2D eigenvalue weighted by molar-refractivity contribution is 5.70. The van der Waals surface area contributed by atoms with Crippen LogP contribution in [0.3, 0.4) is 0 Å². The molecule has 0 saturated heterocycles. The summed E-state index contributed by atoms with van der Waals surface area (Å²) in [6, 6.07) is 7.69. The van der Waals surface area contributed by atoms with Crippen LogP contribution in [0.4, 0.5) is 5.69 Å². The summed E-state index contributed by atoms with van der Waals surface area (Å²) < 4.78 is 1.85. The molecule has 0 radical (unpaired) electrons. The van der Waals surface area contributed by atoms with E-state index < -0.39 is 0 Å². The van der Waals surface area contributed by atoms with Crippen LogP contribution < -0.4 is 5.73 Å². The Labute approximate surface area is 99.6 Å². The van der Waals surface area contributed by atoms with Gasteiger partial charge >= 0.3 is 0 Å². The van der Waals surface area contributed by atoms with Crippen molar-refractivity contribution in [3.63, 3.8) is 0 Å². The topological polar surface area (TPSA) is 69.6 Å². The Balaban J connectivity index is 1.86. The maximum Gasteiger partial charge on any atom is 0.184 e. The fourth-order valence-electron chi connectivity index (χ4n) is 1.96. The van der Waals surface area contributed by atoms with Crippen molar-refractivity contribution in [3.05, 3.63) is 24.3 Å². The number of nitrogens with zero attached hydrogens (tertiary/aromatic N) is 4. The average Bonchev–Trinajstić information content (AvgIpc) is 3.06. The summed E-state index contributed by atoms with van der Waals surface area (Å²) in [6.07, 6.45) is 3.86. The van der Waals surface area contributed by atoms with E-state index in [1.165, 1.54) is 12.8 Å². The molecule has 1 aliphatic carbocycles. The third-order valence-corrected chi connectivity index (χ3v) is 3.18. The van der Waals surface area contributed by atoms with Crippen LogP contribution in [-0.2, 0) is 6.54 Å². The minimum atomic E-state index is 0.718. The molecule has 2 aromatic rings. The van der Waals surface area contributed by atoms with E-state index in [9.17, 15) is 0 Å². The molecule has 0 amide bonds. The van der Waals surface area contributed by atoms with Gasteiger partial charge in [-0.1, -0.05) is 25.0 Å². The van der Waals surface area contributed by atoms with Gasteiger partial charge in [0.2, 0.25) is 0 Å². The Morgan fingerprint density at radius 2 is 2.12 bits per heavy atom. The highest BCUT2D eigenvalue weighted by Gasteiger charge is 2.22. The minimum absolute atomic E-state index is 0.718. The lowest BCUT2D eigenvalue weighted by molar-refractivity contribution is 0.535. The zero-order valence-electron chi connectivity index (χ0n) is 9.58. The lowest BCUT2D eigenvalue weighted by atomic mass is 10.1. The Kier molecular flexibility index (Phi) is 2.51. The number of hydrogen-bond acceptors (Lipinski definition) is 4. The van der Waals surface area contributed by atoms with Gasteiger partial charge in [0.05, 0.1) is 0 Å². The van der Waals surface area contributed by atoms with Crippen molar-refractivity contribution in [2.24, 2.45) is 5.92 Å². The van der Waals surface area contributed by atoms with Crippen molar-refractivity contribution in [1.29, 1.82) is 0 Å². The predicted molar refractivity (Wildman–Crippen MR) is 65.0 cm³/mol. The van der Waals surface area contributed by atoms with Crippen molar-refractivity contribution in [2.75, 3.05) is 5.73 Å². The highest BCUT2D eigenvalue weighted by Crippen LogP contribution is 2.33. The lowest BCUT2D eigenvalue weighted by Crippen LogP contribution is -2.05. The largest absolute Gasteiger partial charge is 0.398 e. The van der Waals surface area contributed by atoms with Crippen molar-refractivity contribution in [3.8, 4) is 11.4 Å². The van der Waals surface area contributed by atoms with Gasteiger partial charge in [-0.15, -0.1) is 5.10 Å². The van der Waals surface area contributed by atoms with Crippen molar-refractivity contribution >= 4 is 5.69 Å². The van der Waals surface area contributed by atoms with Crippen LogP contribution in [0.2, 0.25) is 0 Å². The Hall–Kier alpha value is -1.91. The van der Waals surface area contributed by atoms with Crippen LogP contribution >= 0.6 is 0 Å². The van der Waals surface area contributed by atoms with Crippen LogP contribution in [0.15, 0.2) is 24.3 Å². The normalized spacial score (nSPS) is 15.1. The van der Waals surface area contributed by atoms with E-state index in [1.54, 1.807) is 0 Å². The lowest BCUT2D eigenvalue weighted by Gasteiger charge is -2.06. The number of nitrogen functional groups attached to an aromatic ring is 1. The summed E-state index contributed by atoms with van der Waals surface area (Å²) in [7, 11) is 0. The summed E-state index contributed by atoms with van der Waals surface area (Å²) in [5, 5.41) is 11.8. The highest BCUT2D eigenvalue weighted by atomic mass is 15.5. The molecule has 1 aromatic carbocycles. The number of benzene rings is 1. The molecule has 17 heavy (non-hydrogen) atoms. The van der Waals surface area contributed by atoms with E-state index >= 15 is 0 Å². The van der Waals surface area contributed by atoms with E-state index in [4.69, 9.17) is 5.73 Å². The van der Waals surface area contributed by atoms with Crippen LogP contribution in [-0.4, -0.2) is 20.2 Å². The maximum atomic E-state index is 5.94. The van der Waals surface area contributed by atoms with E-state index in [-0.39, 0.29) is 0 Å². The first-order chi connectivity index (χ1) is 8.34. The molecule has 0 bridgehead atoms. The summed E-state index contributed by atoms with van der Waals surface area (Å²) in [5.41, 5.74) is 7.57. The number of hydrogen-bond donors (Lipinski definition) is 1. The van der Waals surface area contributed by atoms with Crippen LogP contribution in [0, 0.1) is 5.92 Å². The summed E-state index contributed by atoms with van der Waals surface area (Å²) in [5.74, 6) is 1.64. The van der Waals surface area contributed by atoms with Gasteiger partial charge in [0.15, 0.2) is 5.82 Å². The van der Waals surface area contributed by atoms with Crippen molar-refractivity contribution in [1.82, 2.24) is 20.2 Å². The van der Waals surface area contributed by atoms with Crippen LogP contribution in [0.1, 0.15) is 19.3 Å². The molecule has 5 heteroatoms. The monoisotopic (exact) mass is 229 g/mol. The second-order valence-corrected chi connectivity index (χ2v) is 4.54. The SMILES string of the molecule is Nc1ccccc1-c1nnnn1CCC1CC1. The van der Waals surface area contributed by atoms with Gasteiger partial charge in [0, 0.05) is 17.8 Å². The number of nitrogens with two attached hydrogens (primary N) is 1. The zero-order chi connectivity index (χ0) is 11.7. The fourth-order valence-corrected chi connectivity index (χ4v) is 1.96. The summed E-state index contributed by atoms with van der Waals surface area (Å²) in [6.45, 7) is 0.876. The quantitative estimate of drug-likeness (QED) is 0.810. The molecule has 0 spiro atoms. The molecule has 3 rings (SSSR count). The number of aryl methyl sites for hydroxylation is 1. The molecule has 1 saturated carbocycles. The molecule has 1 aliphatic rings. The summed E-state index contributed by atoms with van der Waals surface area (Å²) >= 11 is 0. The molecule has 0 aliphatic heterocycles. The first kappa shape index (κ1) is 10.3. The van der Waals surface area contributed by atoms with Crippen LogP contribution in [0.25, 0.3) is 11.4 Å². The van der Waals surface area contributed by atoms with Crippen molar-refractivity contribution < 1.29 is 0 Å². The van der Waals surface area contributed by atoms with Gasteiger partial charge < -0.3 is 5.73 Å². The molecule has 0 atom stereocenters. The number of anilines is 1. The zero-order valence-corrected chi connectivity index (χ0v) is 9.58. The van der Waals surface area contributed by atoms with Gasteiger partial charge in [-0.2, -0.15) is 0 Å². The Bertz CT molecular complexity index is 515. The van der Waals surface area contributed by atoms with Crippen molar-refractivity contribution in [2.45, 2.75) is 25.8 Å². The third-order valence-electron chi connectivity index (χ3n) is 3.18.